The van der Waals surface area contributed by atoms with Gasteiger partial charge in [0.05, 0.1) is 7.11 Å². The van der Waals surface area contributed by atoms with Gasteiger partial charge in [-0.15, -0.1) is 11.3 Å². The summed E-state index contributed by atoms with van der Waals surface area (Å²) < 4.78 is 59.7. The predicted molar refractivity (Wildman–Crippen MR) is 114 cm³/mol. The summed E-state index contributed by atoms with van der Waals surface area (Å²) in [5, 5.41) is 0.787. The molecule has 3 rings (SSSR count). The molecule has 0 aliphatic heterocycles. The van der Waals surface area contributed by atoms with Crippen molar-refractivity contribution in [1.29, 1.82) is 0 Å². The molecule has 0 fully saturated rings. The van der Waals surface area contributed by atoms with E-state index in [0.29, 0.717) is 5.56 Å². The fraction of sp³-hybridized carbons (Fsp3) is 0.158. The van der Waals surface area contributed by atoms with Crippen LogP contribution in [0.5, 0.6) is 5.75 Å². The van der Waals surface area contributed by atoms with Crippen LogP contribution in [-0.4, -0.2) is 30.5 Å². The fourth-order valence-electron chi connectivity index (χ4n) is 2.76. The van der Waals surface area contributed by atoms with Gasteiger partial charge in [0.25, 0.3) is 0 Å². The van der Waals surface area contributed by atoms with E-state index in [2.05, 4.69) is 4.72 Å². The van der Waals surface area contributed by atoms with Crippen LogP contribution in [0.4, 0.5) is 0 Å². The van der Waals surface area contributed by atoms with Crippen LogP contribution >= 0.6 is 22.9 Å². The zero-order valence-electron chi connectivity index (χ0n) is 15.3. The van der Waals surface area contributed by atoms with E-state index in [4.69, 9.17) is 16.3 Å². The third-order valence-electron chi connectivity index (χ3n) is 4.20. The zero-order valence-corrected chi connectivity index (χ0v) is 18.5. The first-order valence-electron chi connectivity index (χ1n) is 8.41. The molecule has 1 aromatic heterocycles. The van der Waals surface area contributed by atoms with E-state index >= 15 is 0 Å². The molecule has 0 bridgehead atoms. The molecular weight excluding hydrogens is 454 g/mol. The van der Waals surface area contributed by atoms with Crippen molar-refractivity contribution in [2.24, 2.45) is 0 Å². The van der Waals surface area contributed by atoms with Crippen LogP contribution in [0, 0.1) is 0 Å². The summed E-state index contributed by atoms with van der Waals surface area (Å²) in [5.41, 5.74) is 0.488. The topological polar surface area (TPSA) is 89.5 Å². The van der Waals surface area contributed by atoms with E-state index < -0.39 is 25.1 Å². The Morgan fingerprint density at radius 3 is 2.38 bits per heavy atom. The number of ether oxygens (including phenoxy) is 1. The van der Waals surface area contributed by atoms with E-state index in [1.807, 2.05) is 0 Å². The van der Waals surface area contributed by atoms with Gasteiger partial charge in [0.1, 0.15) is 20.1 Å². The van der Waals surface area contributed by atoms with Crippen molar-refractivity contribution in [2.45, 2.75) is 14.4 Å². The molecule has 0 saturated carbocycles. The summed E-state index contributed by atoms with van der Waals surface area (Å²) in [4.78, 5) is -0.159. The minimum absolute atomic E-state index is 0.110. The second kappa shape index (κ2) is 8.85. The molecule has 0 spiro atoms. The lowest BCUT2D eigenvalue weighted by Gasteiger charge is -2.19. The lowest BCUT2D eigenvalue weighted by Crippen LogP contribution is -2.32. The smallest absolute Gasteiger partial charge is 0.244 e. The van der Waals surface area contributed by atoms with Gasteiger partial charge in [0.2, 0.25) is 10.0 Å². The van der Waals surface area contributed by atoms with Gasteiger partial charge in [-0.2, -0.15) is 0 Å². The van der Waals surface area contributed by atoms with Crippen LogP contribution in [0.1, 0.15) is 10.8 Å². The Labute approximate surface area is 179 Å². The van der Waals surface area contributed by atoms with Crippen LogP contribution in [-0.2, 0) is 19.9 Å². The van der Waals surface area contributed by atoms with E-state index in [1.165, 1.54) is 31.4 Å². The van der Waals surface area contributed by atoms with E-state index in [9.17, 15) is 16.8 Å². The largest absolute Gasteiger partial charge is 0.495 e. The van der Waals surface area contributed by atoms with Gasteiger partial charge < -0.3 is 4.74 Å². The Balaban J connectivity index is 1.97. The molecule has 0 radical (unpaired) electrons. The average Bonchev–Trinajstić information content (AvgIpc) is 3.24. The van der Waals surface area contributed by atoms with Crippen LogP contribution in [0.2, 0.25) is 5.02 Å². The van der Waals surface area contributed by atoms with Crippen molar-refractivity contribution >= 4 is 42.8 Å². The molecule has 2 aromatic carbocycles. The highest BCUT2D eigenvalue weighted by Crippen LogP contribution is 2.32. The molecule has 154 valence electrons. The van der Waals surface area contributed by atoms with Gasteiger partial charge in [0.15, 0.2) is 9.84 Å². The summed E-state index contributed by atoms with van der Waals surface area (Å²) in [6, 6.07) is 15.8. The van der Waals surface area contributed by atoms with Crippen molar-refractivity contribution in [2.75, 3.05) is 13.7 Å². The van der Waals surface area contributed by atoms with Crippen molar-refractivity contribution < 1.29 is 21.6 Å². The molecule has 0 saturated heterocycles. The standard InChI is InChI=1S/C19H18ClNO5S3/c1-26-16-10-9-15(20)12-17(16)29(24,25)21-13-18(14-6-3-2-4-7-14)28(22,23)19-8-5-11-27-19/h2-12,18,21H,13H2,1H3. The van der Waals surface area contributed by atoms with Crippen molar-refractivity contribution in [3.8, 4) is 5.75 Å². The van der Waals surface area contributed by atoms with E-state index in [-0.39, 0.29) is 26.4 Å². The van der Waals surface area contributed by atoms with Gasteiger partial charge in [-0.05, 0) is 35.2 Å². The highest BCUT2D eigenvalue weighted by molar-refractivity contribution is 7.93. The molecule has 29 heavy (non-hydrogen) atoms. The second-order valence-electron chi connectivity index (χ2n) is 6.02. The summed E-state index contributed by atoms with van der Waals surface area (Å²) >= 11 is 7.02. The normalized spacial score (nSPS) is 13.2. The molecule has 10 heteroatoms. The molecular formula is C19H18ClNO5S3. The number of nitrogens with one attached hydrogen (secondary N) is 1. The Bertz CT molecular complexity index is 1180. The maximum Gasteiger partial charge on any atom is 0.244 e. The highest BCUT2D eigenvalue weighted by Gasteiger charge is 2.32. The molecule has 0 amide bonds. The number of methoxy groups -OCH3 is 1. The lowest BCUT2D eigenvalue weighted by molar-refractivity contribution is 0.402. The third kappa shape index (κ3) is 4.81. The number of hydrogen-bond donors (Lipinski definition) is 1. The quantitative estimate of drug-likeness (QED) is 0.538. The van der Waals surface area contributed by atoms with E-state index in [0.717, 1.165) is 11.3 Å². The Morgan fingerprint density at radius 1 is 1.03 bits per heavy atom. The Morgan fingerprint density at radius 2 is 1.76 bits per heavy atom. The van der Waals surface area contributed by atoms with Crippen LogP contribution < -0.4 is 9.46 Å². The molecule has 1 atom stereocenters. The first-order valence-corrected chi connectivity index (χ1v) is 12.7. The van der Waals surface area contributed by atoms with Gasteiger partial charge in [-0.3, -0.25) is 0 Å². The first-order chi connectivity index (χ1) is 13.8. The minimum Gasteiger partial charge on any atom is -0.495 e. The predicted octanol–water partition coefficient (Wildman–Crippen LogP) is 3.90. The Kier molecular flexibility index (Phi) is 6.65. The molecule has 0 aliphatic carbocycles. The molecule has 6 nitrogen and oxygen atoms in total. The van der Waals surface area contributed by atoms with Gasteiger partial charge in [0, 0.05) is 11.6 Å². The maximum absolute atomic E-state index is 13.2. The average molecular weight is 472 g/mol. The molecule has 1 N–H and O–H groups in total. The second-order valence-corrected chi connectivity index (χ2v) is 11.5. The highest BCUT2D eigenvalue weighted by atomic mass is 35.5. The van der Waals surface area contributed by atoms with E-state index in [1.54, 1.807) is 41.8 Å². The number of benzene rings is 2. The first kappa shape index (κ1) is 21.8. The molecule has 1 heterocycles. The van der Waals surface area contributed by atoms with Gasteiger partial charge in [-0.1, -0.05) is 48.0 Å². The van der Waals surface area contributed by atoms with Crippen LogP contribution in [0.25, 0.3) is 0 Å². The Hall–Kier alpha value is -1.91. The van der Waals surface area contributed by atoms with Crippen molar-refractivity contribution in [1.82, 2.24) is 4.72 Å². The number of sulfonamides is 1. The minimum atomic E-state index is -4.08. The number of halogens is 1. The lowest BCUT2D eigenvalue weighted by atomic mass is 10.1. The maximum atomic E-state index is 13.2. The molecule has 1 unspecified atom stereocenters. The van der Waals surface area contributed by atoms with Crippen molar-refractivity contribution in [3.05, 3.63) is 76.6 Å². The number of rotatable bonds is 8. The number of thiophene rings is 1. The van der Waals surface area contributed by atoms with Gasteiger partial charge in [-0.25, -0.2) is 21.6 Å². The SMILES string of the molecule is COc1ccc(Cl)cc1S(=O)(=O)NCC(c1ccccc1)S(=O)(=O)c1cccs1. The number of hydrogen-bond acceptors (Lipinski definition) is 6. The fourth-order valence-corrected chi connectivity index (χ4v) is 7.21. The van der Waals surface area contributed by atoms with Crippen LogP contribution in [0.3, 0.4) is 0 Å². The summed E-state index contributed by atoms with van der Waals surface area (Å²) in [7, 11) is -6.54. The van der Waals surface area contributed by atoms with Crippen LogP contribution in [0.15, 0.2) is 75.1 Å². The summed E-state index contributed by atoms with van der Waals surface area (Å²) in [6.45, 7) is -0.345. The molecule has 0 aliphatic rings. The summed E-state index contributed by atoms with van der Waals surface area (Å²) in [6.07, 6.45) is 0. The molecule has 3 aromatic rings. The van der Waals surface area contributed by atoms with Crippen molar-refractivity contribution in [3.63, 3.8) is 0 Å². The third-order valence-corrected chi connectivity index (χ3v) is 9.41. The zero-order chi connectivity index (χ0) is 21.1. The van der Waals surface area contributed by atoms with Gasteiger partial charge >= 0.3 is 0 Å². The monoisotopic (exact) mass is 471 g/mol. The summed E-state index contributed by atoms with van der Waals surface area (Å²) in [5.74, 6) is 0.110. The number of sulfone groups is 1.